The van der Waals surface area contributed by atoms with Gasteiger partial charge in [0.25, 0.3) is 10.0 Å². The van der Waals surface area contributed by atoms with Gasteiger partial charge in [0.05, 0.1) is 10.6 Å². The van der Waals surface area contributed by atoms with E-state index in [1.165, 1.54) is 29.2 Å². The molecule has 9 heteroatoms. The summed E-state index contributed by atoms with van der Waals surface area (Å²) < 4.78 is 28.7. The number of nitrogens with zero attached hydrogens (tertiary/aromatic N) is 2. The van der Waals surface area contributed by atoms with Crippen molar-refractivity contribution in [3.8, 4) is 0 Å². The van der Waals surface area contributed by atoms with E-state index in [0.717, 1.165) is 21.0 Å². The molecule has 0 saturated heterocycles. The topological polar surface area (TPSA) is 86.8 Å². The highest BCUT2D eigenvalue weighted by Gasteiger charge is 2.32. The Labute approximate surface area is 236 Å². The summed E-state index contributed by atoms with van der Waals surface area (Å²) in [5.41, 5.74) is 3.13. The first-order valence-electron chi connectivity index (χ1n) is 12.9. The molecule has 3 aromatic rings. The lowest BCUT2D eigenvalue weighted by atomic mass is 10.1. The van der Waals surface area contributed by atoms with E-state index in [-0.39, 0.29) is 23.3 Å². The van der Waals surface area contributed by atoms with Gasteiger partial charge < -0.3 is 10.2 Å². The van der Waals surface area contributed by atoms with Crippen molar-refractivity contribution in [2.75, 3.05) is 17.4 Å². The zero-order valence-corrected chi connectivity index (χ0v) is 24.6. The third-order valence-electron chi connectivity index (χ3n) is 6.46. The third-order valence-corrected chi connectivity index (χ3v) is 8.50. The maximum Gasteiger partial charge on any atom is 0.264 e. The minimum absolute atomic E-state index is 0.00783. The summed E-state index contributed by atoms with van der Waals surface area (Å²) in [6.45, 7) is 9.61. The van der Waals surface area contributed by atoms with Crippen LogP contribution in [0.1, 0.15) is 37.5 Å². The molecule has 0 aromatic heterocycles. The number of rotatable bonds is 11. The number of carbonyl (C=O) groups is 2. The number of halogens is 1. The van der Waals surface area contributed by atoms with Crippen LogP contribution in [-0.4, -0.2) is 44.3 Å². The molecule has 7 nitrogen and oxygen atoms in total. The smallest absolute Gasteiger partial charge is 0.264 e. The van der Waals surface area contributed by atoms with Crippen LogP contribution in [0.5, 0.6) is 0 Å². The van der Waals surface area contributed by atoms with Crippen molar-refractivity contribution in [3.05, 3.63) is 94.5 Å². The van der Waals surface area contributed by atoms with Crippen molar-refractivity contribution in [3.63, 3.8) is 0 Å². The van der Waals surface area contributed by atoms with Gasteiger partial charge in [0.2, 0.25) is 11.8 Å². The Bertz CT molecular complexity index is 1390. The molecule has 3 rings (SSSR count). The molecule has 0 aliphatic carbocycles. The first-order valence-corrected chi connectivity index (χ1v) is 14.7. The fraction of sp³-hybridized carbons (Fsp3) is 0.333. The second-order valence-electron chi connectivity index (χ2n) is 10.1. The number of anilines is 1. The van der Waals surface area contributed by atoms with E-state index in [9.17, 15) is 18.0 Å². The second kappa shape index (κ2) is 13.1. The van der Waals surface area contributed by atoms with Crippen LogP contribution in [-0.2, 0) is 26.2 Å². The maximum atomic E-state index is 13.9. The second-order valence-corrected chi connectivity index (χ2v) is 12.4. The minimum atomic E-state index is -4.13. The number of carbonyl (C=O) groups excluding carboxylic acids is 2. The largest absolute Gasteiger partial charge is 0.354 e. The standard InChI is InChI=1S/C30H36ClN3O4S/c1-21(2)18-32-30(36)24(5)33(19-25-9-7-6-8-23(25)4)29(35)20-34(27-14-10-22(3)11-15-27)39(37,38)28-16-12-26(31)13-17-28/h6-17,21,24H,18-20H2,1-5H3,(H,32,36). The number of benzene rings is 3. The van der Waals surface area contributed by atoms with Crippen LogP contribution in [0.3, 0.4) is 0 Å². The van der Waals surface area contributed by atoms with E-state index in [1.807, 2.05) is 52.0 Å². The molecule has 1 N–H and O–H groups in total. The highest BCUT2D eigenvalue weighted by atomic mass is 35.5. The predicted molar refractivity (Wildman–Crippen MR) is 156 cm³/mol. The molecule has 0 bridgehead atoms. The highest BCUT2D eigenvalue weighted by Crippen LogP contribution is 2.26. The molecule has 0 spiro atoms. The van der Waals surface area contributed by atoms with Crippen LogP contribution in [0.15, 0.2) is 77.7 Å². The fourth-order valence-electron chi connectivity index (χ4n) is 3.98. The summed E-state index contributed by atoms with van der Waals surface area (Å²) in [5.74, 6) is -0.556. The van der Waals surface area contributed by atoms with E-state index >= 15 is 0 Å². The summed E-state index contributed by atoms with van der Waals surface area (Å²) in [6.07, 6.45) is 0. The Balaban J connectivity index is 2.01. The monoisotopic (exact) mass is 569 g/mol. The molecule has 208 valence electrons. The molecule has 0 heterocycles. The molecular formula is C30H36ClN3O4S. The van der Waals surface area contributed by atoms with Crippen molar-refractivity contribution in [1.82, 2.24) is 10.2 Å². The number of hydrogen-bond donors (Lipinski definition) is 1. The molecule has 1 unspecified atom stereocenters. The Kier molecular flexibility index (Phi) is 10.2. The average molecular weight is 570 g/mol. The Hall–Kier alpha value is -3.36. The zero-order chi connectivity index (χ0) is 28.7. The number of hydrogen-bond acceptors (Lipinski definition) is 4. The summed E-state index contributed by atoms with van der Waals surface area (Å²) in [7, 11) is -4.13. The number of sulfonamides is 1. The average Bonchev–Trinajstić information content (AvgIpc) is 2.90. The molecule has 2 amide bonds. The van der Waals surface area contributed by atoms with E-state index in [4.69, 9.17) is 11.6 Å². The van der Waals surface area contributed by atoms with E-state index in [1.54, 1.807) is 31.2 Å². The molecular weight excluding hydrogens is 534 g/mol. The van der Waals surface area contributed by atoms with Crippen LogP contribution >= 0.6 is 11.6 Å². The van der Waals surface area contributed by atoms with Gasteiger partial charge in [-0.3, -0.25) is 13.9 Å². The van der Waals surface area contributed by atoms with Crippen molar-refractivity contribution >= 4 is 39.1 Å². The molecule has 0 saturated carbocycles. The van der Waals surface area contributed by atoms with E-state index < -0.39 is 28.5 Å². The highest BCUT2D eigenvalue weighted by molar-refractivity contribution is 7.92. The quantitative estimate of drug-likeness (QED) is 0.338. The summed E-state index contributed by atoms with van der Waals surface area (Å²) in [6, 6.07) is 19.5. The van der Waals surface area contributed by atoms with Gasteiger partial charge in [-0.1, -0.05) is 67.4 Å². The maximum absolute atomic E-state index is 13.9. The predicted octanol–water partition coefficient (Wildman–Crippen LogP) is 5.34. The van der Waals surface area contributed by atoms with E-state index in [2.05, 4.69) is 5.32 Å². The van der Waals surface area contributed by atoms with Gasteiger partial charge in [0, 0.05) is 18.1 Å². The molecule has 3 aromatic carbocycles. The Morgan fingerprint density at radius 1 is 0.897 bits per heavy atom. The summed E-state index contributed by atoms with van der Waals surface area (Å²) >= 11 is 5.99. The van der Waals surface area contributed by atoms with Gasteiger partial charge >= 0.3 is 0 Å². The van der Waals surface area contributed by atoms with Gasteiger partial charge in [0.15, 0.2) is 0 Å². The van der Waals surface area contributed by atoms with Crippen LogP contribution in [0, 0.1) is 19.8 Å². The number of amides is 2. The lowest BCUT2D eigenvalue weighted by molar-refractivity contribution is -0.139. The first kappa shape index (κ1) is 30.2. The van der Waals surface area contributed by atoms with Crippen LogP contribution in [0.4, 0.5) is 5.69 Å². The Morgan fingerprint density at radius 2 is 1.51 bits per heavy atom. The van der Waals surface area contributed by atoms with Gasteiger partial charge in [-0.05, 0) is 74.2 Å². The van der Waals surface area contributed by atoms with Crippen LogP contribution in [0.25, 0.3) is 0 Å². The van der Waals surface area contributed by atoms with E-state index in [0.29, 0.717) is 17.3 Å². The fourth-order valence-corrected chi connectivity index (χ4v) is 5.52. The van der Waals surface area contributed by atoms with Crippen molar-refractivity contribution in [2.45, 2.75) is 52.1 Å². The van der Waals surface area contributed by atoms with Crippen molar-refractivity contribution < 1.29 is 18.0 Å². The number of aryl methyl sites for hydroxylation is 2. The summed E-state index contributed by atoms with van der Waals surface area (Å²) in [5, 5.41) is 3.29. The van der Waals surface area contributed by atoms with Crippen LogP contribution < -0.4 is 9.62 Å². The molecule has 0 aliphatic rings. The lowest BCUT2D eigenvalue weighted by Gasteiger charge is -2.32. The molecule has 1 atom stereocenters. The van der Waals surface area contributed by atoms with Crippen molar-refractivity contribution in [2.24, 2.45) is 5.92 Å². The third kappa shape index (κ3) is 7.83. The normalized spacial score (nSPS) is 12.2. The Morgan fingerprint density at radius 3 is 2.10 bits per heavy atom. The SMILES string of the molecule is Cc1ccc(N(CC(=O)N(Cc2ccccc2C)C(C)C(=O)NCC(C)C)S(=O)(=O)c2ccc(Cl)cc2)cc1. The molecule has 0 aliphatic heterocycles. The number of nitrogens with one attached hydrogen (secondary N) is 1. The molecule has 0 fully saturated rings. The summed E-state index contributed by atoms with van der Waals surface area (Å²) in [4.78, 5) is 28.5. The van der Waals surface area contributed by atoms with Crippen LogP contribution in [0.2, 0.25) is 5.02 Å². The minimum Gasteiger partial charge on any atom is -0.354 e. The molecule has 39 heavy (non-hydrogen) atoms. The molecule has 0 radical (unpaired) electrons. The first-order chi connectivity index (χ1) is 18.4. The van der Waals surface area contributed by atoms with Gasteiger partial charge in [0.1, 0.15) is 12.6 Å². The van der Waals surface area contributed by atoms with Gasteiger partial charge in [-0.2, -0.15) is 0 Å². The zero-order valence-electron chi connectivity index (χ0n) is 23.0. The van der Waals surface area contributed by atoms with Gasteiger partial charge in [-0.15, -0.1) is 0 Å². The van der Waals surface area contributed by atoms with Gasteiger partial charge in [-0.25, -0.2) is 8.42 Å². The lowest BCUT2D eigenvalue weighted by Crippen LogP contribution is -2.51. The van der Waals surface area contributed by atoms with Crippen molar-refractivity contribution in [1.29, 1.82) is 0 Å².